The van der Waals surface area contributed by atoms with Crippen LogP contribution >= 0.6 is 12.2 Å². The predicted molar refractivity (Wildman–Crippen MR) is 106 cm³/mol. The number of allylic oxidation sites excluding steroid dienone is 1. The monoisotopic (exact) mass is 367 g/mol. The fourth-order valence-electron chi connectivity index (χ4n) is 2.91. The highest BCUT2D eigenvalue weighted by atomic mass is 32.1. The zero-order chi connectivity index (χ0) is 18.5. The highest BCUT2D eigenvalue weighted by molar-refractivity contribution is 7.80. The Kier molecular flexibility index (Phi) is 5.53. The van der Waals surface area contributed by atoms with Gasteiger partial charge < -0.3 is 20.7 Å². The van der Waals surface area contributed by atoms with Gasteiger partial charge >= 0.3 is 0 Å². The van der Waals surface area contributed by atoms with Crippen LogP contribution in [0.1, 0.15) is 24.1 Å². The molecule has 0 bridgehead atoms. The van der Waals surface area contributed by atoms with E-state index in [0.29, 0.717) is 17.2 Å². The molecule has 6 heteroatoms. The molecule has 1 atom stereocenters. The number of carbonyl (C=O) groups excluding carboxylic acids is 1. The van der Waals surface area contributed by atoms with Gasteiger partial charge in [0.2, 0.25) is 0 Å². The zero-order valence-corrected chi connectivity index (χ0v) is 15.5. The average Bonchev–Trinajstić information content (AvgIpc) is 2.66. The third-order valence-electron chi connectivity index (χ3n) is 4.26. The summed E-state index contributed by atoms with van der Waals surface area (Å²) < 4.78 is 5.21. The number of hydrogen-bond acceptors (Lipinski definition) is 3. The van der Waals surface area contributed by atoms with Crippen LogP contribution in [0.5, 0.6) is 5.75 Å². The number of nitrogens with one attached hydrogen (secondary N) is 3. The van der Waals surface area contributed by atoms with E-state index < -0.39 is 0 Å². The lowest BCUT2D eigenvalue weighted by Gasteiger charge is -2.30. The number of amides is 1. The van der Waals surface area contributed by atoms with Crippen molar-refractivity contribution in [2.45, 2.75) is 19.5 Å². The maximum Gasteiger partial charge on any atom is 0.251 e. The molecule has 0 unspecified atom stereocenters. The molecule has 2 aromatic rings. The van der Waals surface area contributed by atoms with E-state index in [1.54, 1.807) is 7.11 Å². The van der Waals surface area contributed by atoms with Crippen molar-refractivity contribution in [3.8, 4) is 5.75 Å². The molecule has 1 aliphatic heterocycles. The standard InChI is InChI=1S/C20H21N3O2S/c1-13-17(19(24)21-12-14-6-4-3-5-7-14)18(23-20(26)22-13)15-8-10-16(25-2)11-9-15/h3-11,18H,12H2,1-2H3,(H,21,24)(H2,22,23,26)/t18-/m1/s1. The van der Waals surface area contributed by atoms with Crippen LogP contribution in [0.3, 0.4) is 0 Å². The minimum absolute atomic E-state index is 0.130. The lowest BCUT2D eigenvalue weighted by molar-refractivity contribution is -0.118. The average molecular weight is 367 g/mol. The molecule has 26 heavy (non-hydrogen) atoms. The Morgan fingerprint density at radius 1 is 1.15 bits per heavy atom. The molecular formula is C20H21N3O2S. The van der Waals surface area contributed by atoms with Gasteiger partial charge in [0, 0.05) is 12.2 Å². The third kappa shape index (κ3) is 4.03. The van der Waals surface area contributed by atoms with Gasteiger partial charge in [-0.05, 0) is 42.4 Å². The van der Waals surface area contributed by atoms with Gasteiger partial charge in [-0.1, -0.05) is 42.5 Å². The molecule has 1 heterocycles. The molecular weight excluding hydrogens is 346 g/mol. The van der Waals surface area contributed by atoms with Gasteiger partial charge in [-0.3, -0.25) is 4.79 Å². The number of methoxy groups -OCH3 is 1. The SMILES string of the molecule is COc1ccc([C@H]2NC(=S)NC(C)=C2C(=O)NCc2ccccc2)cc1. The molecule has 0 saturated heterocycles. The Morgan fingerprint density at radius 3 is 2.50 bits per heavy atom. The second-order valence-corrected chi connectivity index (χ2v) is 6.42. The molecule has 1 aliphatic rings. The maximum absolute atomic E-state index is 12.9. The van der Waals surface area contributed by atoms with Crippen LogP contribution in [0.4, 0.5) is 0 Å². The summed E-state index contributed by atoms with van der Waals surface area (Å²) in [5.74, 6) is 0.635. The first-order valence-corrected chi connectivity index (χ1v) is 8.73. The topological polar surface area (TPSA) is 62.4 Å². The van der Waals surface area contributed by atoms with Crippen LogP contribution in [-0.2, 0) is 11.3 Å². The first-order valence-electron chi connectivity index (χ1n) is 8.33. The van der Waals surface area contributed by atoms with Crippen molar-refractivity contribution in [2.75, 3.05) is 7.11 Å². The summed E-state index contributed by atoms with van der Waals surface area (Å²) in [7, 11) is 1.62. The Labute approximate surface area is 158 Å². The fourth-order valence-corrected chi connectivity index (χ4v) is 3.19. The van der Waals surface area contributed by atoms with Gasteiger partial charge in [0.15, 0.2) is 5.11 Å². The van der Waals surface area contributed by atoms with E-state index in [9.17, 15) is 4.79 Å². The molecule has 0 spiro atoms. The van der Waals surface area contributed by atoms with E-state index in [-0.39, 0.29) is 11.9 Å². The number of benzene rings is 2. The van der Waals surface area contributed by atoms with E-state index in [0.717, 1.165) is 22.6 Å². The molecule has 0 saturated carbocycles. The molecule has 0 aliphatic carbocycles. The molecule has 1 amide bonds. The van der Waals surface area contributed by atoms with Gasteiger partial charge in [-0.15, -0.1) is 0 Å². The second kappa shape index (κ2) is 8.01. The molecule has 134 valence electrons. The summed E-state index contributed by atoms with van der Waals surface area (Å²) in [5.41, 5.74) is 3.37. The number of thiocarbonyl (C=S) groups is 1. The van der Waals surface area contributed by atoms with E-state index in [1.165, 1.54) is 0 Å². The van der Waals surface area contributed by atoms with Crippen LogP contribution in [0, 0.1) is 0 Å². The Morgan fingerprint density at radius 2 is 1.85 bits per heavy atom. The number of carbonyl (C=O) groups is 1. The summed E-state index contributed by atoms with van der Waals surface area (Å²) in [4.78, 5) is 12.9. The van der Waals surface area contributed by atoms with Gasteiger partial charge in [0.25, 0.3) is 5.91 Å². The molecule has 0 radical (unpaired) electrons. The second-order valence-electron chi connectivity index (χ2n) is 6.01. The smallest absolute Gasteiger partial charge is 0.251 e. The predicted octanol–water partition coefficient (Wildman–Crippen LogP) is 2.80. The minimum atomic E-state index is -0.314. The highest BCUT2D eigenvalue weighted by Gasteiger charge is 2.29. The van der Waals surface area contributed by atoms with Crippen molar-refractivity contribution in [3.63, 3.8) is 0 Å². The summed E-state index contributed by atoms with van der Waals surface area (Å²) >= 11 is 5.28. The summed E-state index contributed by atoms with van der Waals surface area (Å²) in [6.45, 7) is 2.33. The van der Waals surface area contributed by atoms with Gasteiger partial charge in [0.1, 0.15) is 5.75 Å². The third-order valence-corrected chi connectivity index (χ3v) is 4.48. The van der Waals surface area contributed by atoms with Crippen LogP contribution < -0.4 is 20.7 Å². The summed E-state index contributed by atoms with van der Waals surface area (Å²) in [6.07, 6.45) is 0. The fraction of sp³-hybridized carbons (Fsp3) is 0.200. The molecule has 3 N–H and O–H groups in total. The van der Waals surface area contributed by atoms with Crippen molar-refractivity contribution in [1.82, 2.24) is 16.0 Å². The van der Waals surface area contributed by atoms with Crippen molar-refractivity contribution >= 4 is 23.2 Å². The number of ether oxygens (including phenoxy) is 1. The van der Waals surface area contributed by atoms with Gasteiger partial charge in [-0.25, -0.2) is 0 Å². The normalized spacial score (nSPS) is 16.5. The Balaban J connectivity index is 1.83. The van der Waals surface area contributed by atoms with E-state index >= 15 is 0 Å². The van der Waals surface area contributed by atoms with E-state index in [1.807, 2.05) is 61.5 Å². The van der Waals surface area contributed by atoms with Crippen LogP contribution in [-0.4, -0.2) is 18.1 Å². The highest BCUT2D eigenvalue weighted by Crippen LogP contribution is 2.28. The lowest BCUT2D eigenvalue weighted by Crippen LogP contribution is -2.46. The zero-order valence-electron chi connectivity index (χ0n) is 14.7. The molecule has 5 nitrogen and oxygen atoms in total. The van der Waals surface area contributed by atoms with Crippen molar-refractivity contribution in [1.29, 1.82) is 0 Å². The van der Waals surface area contributed by atoms with E-state index in [2.05, 4.69) is 16.0 Å². The van der Waals surface area contributed by atoms with Crippen LogP contribution in [0.2, 0.25) is 0 Å². The first kappa shape index (κ1) is 17.9. The summed E-state index contributed by atoms with van der Waals surface area (Å²) in [6, 6.07) is 17.1. The Hall–Kier alpha value is -2.86. The van der Waals surface area contributed by atoms with Crippen molar-refractivity contribution in [3.05, 3.63) is 77.0 Å². The quantitative estimate of drug-likeness (QED) is 0.710. The molecule has 3 rings (SSSR count). The molecule has 0 aromatic heterocycles. The largest absolute Gasteiger partial charge is 0.497 e. The van der Waals surface area contributed by atoms with Crippen molar-refractivity contribution in [2.24, 2.45) is 0 Å². The Bertz CT molecular complexity index is 832. The molecule has 2 aromatic carbocycles. The van der Waals surface area contributed by atoms with Gasteiger partial charge in [0.05, 0.1) is 18.7 Å². The summed E-state index contributed by atoms with van der Waals surface area (Å²) in [5, 5.41) is 9.73. The van der Waals surface area contributed by atoms with Crippen molar-refractivity contribution < 1.29 is 9.53 Å². The van der Waals surface area contributed by atoms with Crippen LogP contribution in [0.15, 0.2) is 65.9 Å². The van der Waals surface area contributed by atoms with E-state index in [4.69, 9.17) is 17.0 Å². The first-order chi connectivity index (χ1) is 12.6. The molecule has 0 fully saturated rings. The number of rotatable bonds is 5. The van der Waals surface area contributed by atoms with Gasteiger partial charge in [-0.2, -0.15) is 0 Å². The lowest BCUT2D eigenvalue weighted by atomic mass is 9.95. The minimum Gasteiger partial charge on any atom is -0.497 e. The number of hydrogen-bond donors (Lipinski definition) is 3. The maximum atomic E-state index is 12.9. The van der Waals surface area contributed by atoms with Crippen LogP contribution in [0.25, 0.3) is 0 Å².